The van der Waals surface area contributed by atoms with Crippen molar-refractivity contribution in [2.24, 2.45) is 0 Å². The number of thioether (sulfide) groups is 1. The van der Waals surface area contributed by atoms with Gasteiger partial charge in [0.05, 0.1) is 0 Å². The number of aromatic nitrogens is 2. The average molecular weight is 322 g/mol. The van der Waals surface area contributed by atoms with Gasteiger partial charge in [-0.15, -0.1) is 0 Å². The summed E-state index contributed by atoms with van der Waals surface area (Å²) >= 11 is 7.51. The summed E-state index contributed by atoms with van der Waals surface area (Å²) in [5.41, 5.74) is 1.28. The molecule has 0 radical (unpaired) electrons. The zero-order valence-electron chi connectivity index (χ0n) is 12.6. The van der Waals surface area contributed by atoms with Gasteiger partial charge in [0, 0.05) is 11.6 Å². The molecule has 21 heavy (non-hydrogen) atoms. The molecule has 112 valence electrons. The van der Waals surface area contributed by atoms with Crippen LogP contribution < -0.4 is 5.32 Å². The van der Waals surface area contributed by atoms with Gasteiger partial charge in [-0.1, -0.05) is 53.7 Å². The average Bonchev–Trinajstić information content (AvgIpc) is 2.45. The topological polar surface area (TPSA) is 37.8 Å². The van der Waals surface area contributed by atoms with Crippen molar-refractivity contribution in [2.75, 3.05) is 11.6 Å². The number of nitrogens with one attached hydrogen (secondary N) is 1. The second kappa shape index (κ2) is 7.14. The lowest BCUT2D eigenvalue weighted by Gasteiger charge is -2.27. The van der Waals surface area contributed by atoms with Crippen LogP contribution in [0.25, 0.3) is 0 Å². The lowest BCUT2D eigenvalue weighted by atomic mass is 9.95. The number of hydrogen-bond donors (Lipinski definition) is 1. The van der Waals surface area contributed by atoms with Gasteiger partial charge in [0.25, 0.3) is 0 Å². The van der Waals surface area contributed by atoms with Crippen LogP contribution in [0.4, 0.5) is 5.82 Å². The van der Waals surface area contributed by atoms with E-state index in [1.165, 1.54) is 17.3 Å². The molecule has 0 spiro atoms. The largest absolute Gasteiger partial charge is 0.365 e. The van der Waals surface area contributed by atoms with Gasteiger partial charge in [0.1, 0.15) is 11.0 Å². The second-order valence-electron chi connectivity index (χ2n) is 5.56. The van der Waals surface area contributed by atoms with Crippen molar-refractivity contribution in [3.63, 3.8) is 0 Å². The third-order valence-corrected chi connectivity index (χ3v) is 3.95. The molecular weight excluding hydrogens is 302 g/mol. The lowest BCUT2D eigenvalue weighted by Crippen LogP contribution is -2.32. The van der Waals surface area contributed by atoms with Gasteiger partial charge in [-0.05, 0) is 38.5 Å². The lowest BCUT2D eigenvalue weighted by molar-refractivity contribution is 0.515. The van der Waals surface area contributed by atoms with Crippen molar-refractivity contribution in [1.29, 1.82) is 0 Å². The van der Waals surface area contributed by atoms with Gasteiger partial charge in [-0.25, -0.2) is 9.97 Å². The minimum absolute atomic E-state index is 0.0663. The standard InChI is InChI=1S/C16H20ClN3S/c1-16(2,10-9-12-7-5-4-6-8-12)20-14-11-13(17)18-15(19-14)21-3/h4-8,11H,9-10H2,1-3H3,(H,18,19,20). The fourth-order valence-corrected chi connectivity index (χ4v) is 2.68. The Labute approximate surface area is 135 Å². The molecule has 1 aromatic heterocycles. The quantitative estimate of drug-likeness (QED) is 0.476. The summed E-state index contributed by atoms with van der Waals surface area (Å²) in [6, 6.07) is 12.3. The first-order chi connectivity index (χ1) is 9.98. The van der Waals surface area contributed by atoms with Crippen LogP contribution in [0.15, 0.2) is 41.6 Å². The highest BCUT2D eigenvalue weighted by Crippen LogP contribution is 2.22. The maximum Gasteiger partial charge on any atom is 0.190 e. The summed E-state index contributed by atoms with van der Waals surface area (Å²) in [6.07, 6.45) is 3.97. The van der Waals surface area contributed by atoms with E-state index in [1.54, 1.807) is 6.07 Å². The molecule has 0 atom stereocenters. The van der Waals surface area contributed by atoms with E-state index in [0.717, 1.165) is 18.7 Å². The van der Waals surface area contributed by atoms with Crippen LogP contribution in [0, 0.1) is 0 Å². The molecular formula is C16H20ClN3S. The van der Waals surface area contributed by atoms with Gasteiger partial charge < -0.3 is 5.32 Å². The smallest absolute Gasteiger partial charge is 0.190 e. The van der Waals surface area contributed by atoms with E-state index in [0.29, 0.717) is 10.3 Å². The monoisotopic (exact) mass is 321 g/mol. The predicted molar refractivity (Wildman–Crippen MR) is 91.3 cm³/mol. The Kier molecular flexibility index (Phi) is 5.48. The highest BCUT2D eigenvalue weighted by atomic mass is 35.5. The maximum atomic E-state index is 6.03. The molecule has 0 aliphatic carbocycles. The fraction of sp³-hybridized carbons (Fsp3) is 0.375. The summed E-state index contributed by atoms with van der Waals surface area (Å²) in [5.74, 6) is 0.775. The zero-order valence-corrected chi connectivity index (χ0v) is 14.1. The summed E-state index contributed by atoms with van der Waals surface area (Å²) in [6.45, 7) is 4.34. The van der Waals surface area contributed by atoms with Gasteiger partial charge >= 0.3 is 0 Å². The van der Waals surface area contributed by atoms with Gasteiger partial charge in [0.2, 0.25) is 0 Å². The normalized spacial score (nSPS) is 11.4. The van der Waals surface area contributed by atoms with Gasteiger partial charge in [-0.3, -0.25) is 0 Å². The molecule has 1 N–H and O–H groups in total. The molecule has 0 aliphatic rings. The van der Waals surface area contributed by atoms with Crippen molar-refractivity contribution in [1.82, 2.24) is 9.97 Å². The molecule has 0 amide bonds. The summed E-state index contributed by atoms with van der Waals surface area (Å²) < 4.78 is 0. The van der Waals surface area contributed by atoms with E-state index in [2.05, 4.69) is 53.4 Å². The van der Waals surface area contributed by atoms with Crippen LogP contribution >= 0.6 is 23.4 Å². The van der Waals surface area contributed by atoms with Crippen molar-refractivity contribution < 1.29 is 0 Å². The first-order valence-electron chi connectivity index (χ1n) is 6.89. The molecule has 1 heterocycles. The highest BCUT2D eigenvalue weighted by Gasteiger charge is 2.18. The van der Waals surface area contributed by atoms with Gasteiger partial charge in [0.15, 0.2) is 5.16 Å². The predicted octanol–water partition coefficient (Wildman–Crippen LogP) is 4.68. The van der Waals surface area contributed by atoms with Crippen molar-refractivity contribution in [2.45, 2.75) is 37.4 Å². The Bertz CT molecular complexity index is 587. The minimum Gasteiger partial charge on any atom is -0.365 e. The number of benzene rings is 1. The number of halogens is 1. The summed E-state index contributed by atoms with van der Waals surface area (Å²) in [7, 11) is 0. The third-order valence-electron chi connectivity index (χ3n) is 3.20. The Balaban J connectivity index is 2.01. The molecule has 2 aromatic rings. The minimum atomic E-state index is -0.0663. The van der Waals surface area contributed by atoms with E-state index >= 15 is 0 Å². The Morgan fingerprint density at radius 3 is 2.57 bits per heavy atom. The molecule has 0 fully saturated rings. The van der Waals surface area contributed by atoms with Crippen molar-refractivity contribution in [3.8, 4) is 0 Å². The number of rotatable bonds is 6. The zero-order chi connectivity index (χ0) is 15.3. The van der Waals surface area contributed by atoms with Crippen LogP contribution in [-0.2, 0) is 6.42 Å². The molecule has 5 heteroatoms. The molecule has 0 saturated heterocycles. The first kappa shape index (κ1) is 16.1. The first-order valence-corrected chi connectivity index (χ1v) is 8.49. The molecule has 2 rings (SSSR count). The molecule has 1 aromatic carbocycles. The molecule has 0 saturated carbocycles. The number of aryl methyl sites for hydroxylation is 1. The molecule has 3 nitrogen and oxygen atoms in total. The van der Waals surface area contributed by atoms with Crippen LogP contribution in [0.3, 0.4) is 0 Å². The van der Waals surface area contributed by atoms with Crippen molar-refractivity contribution >= 4 is 29.2 Å². The summed E-state index contributed by atoms with van der Waals surface area (Å²) in [4.78, 5) is 8.60. The Hall–Kier alpha value is -1.26. The highest BCUT2D eigenvalue weighted by molar-refractivity contribution is 7.98. The number of hydrogen-bond acceptors (Lipinski definition) is 4. The van der Waals surface area contributed by atoms with E-state index in [1.807, 2.05) is 12.3 Å². The van der Waals surface area contributed by atoms with E-state index < -0.39 is 0 Å². The van der Waals surface area contributed by atoms with Crippen LogP contribution in [-0.4, -0.2) is 21.8 Å². The second-order valence-corrected chi connectivity index (χ2v) is 6.72. The summed E-state index contributed by atoms with van der Waals surface area (Å²) in [5, 5.41) is 4.61. The maximum absolute atomic E-state index is 6.03. The van der Waals surface area contributed by atoms with E-state index in [9.17, 15) is 0 Å². The Morgan fingerprint density at radius 1 is 1.19 bits per heavy atom. The van der Waals surface area contributed by atoms with Gasteiger partial charge in [-0.2, -0.15) is 0 Å². The Morgan fingerprint density at radius 2 is 1.90 bits per heavy atom. The molecule has 0 unspecified atom stereocenters. The van der Waals surface area contributed by atoms with Crippen molar-refractivity contribution in [3.05, 3.63) is 47.1 Å². The van der Waals surface area contributed by atoms with Crippen LogP contribution in [0.2, 0.25) is 5.15 Å². The molecule has 0 bridgehead atoms. The third kappa shape index (κ3) is 5.21. The molecule has 0 aliphatic heterocycles. The number of nitrogens with zero attached hydrogens (tertiary/aromatic N) is 2. The fourth-order valence-electron chi connectivity index (χ4n) is 2.06. The van der Waals surface area contributed by atoms with E-state index in [-0.39, 0.29) is 5.54 Å². The van der Waals surface area contributed by atoms with Crippen LogP contribution in [0.5, 0.6) is 0 Å². The number of anilines is 1. The SMILES string of the molecule is CSc1nc(Cl)cc(NC(C)(C)CCc2ccccc2)n1. The van der Waals surface area contributed by atoms with E-state index in [4.69, 9.17) is 11.6 Å². The van der Waals surface area contributed by atoms with Crippen LogP contribution in [0.1, 0.15) is 25.8 Å².